The molecule has 0 aliphatic carbocycles. The van der Waals surface area contributed by atoms with Gasteiger partial charge in [0.05, 0.1) is 5.82 Å². The average Bonchev–Trinajstić information content (AvgIpc) is 2.42. The fourth-order valence-electron chi connectivity index (χ4n) is 1.52. The first-order chi connectivity index (χ1) is 8.67. The van der Waals surface area contributed by atoms with E-state index in [1.54, 1.807) is 0 Å². The summed E-state index contributed by atoms with van der Waals surface area (Å²) in [5.41, 5.74) is 0. The number of hydrogen-bond acceptors (Lipinski definition) is 3. The minimum Gasteiger partial charge on any atom is -0.362 e. The Balaban J connectivity index is -0.000000506. The third-order valence-electron chi connectivity index (χ3n) is 2.23. The minimum atomic E-state index is 1.12. The largest absolute Gasteiger partial charge is 0.362 e. The van der Waals surface area contributed by atoms with E-state index in [1.165, 1.54) is 18.0 Å². The zero-order valence-corrected chi connectivity index (χ0v) is 15.0. The molecule has 2 nitrogen and oxygen atoms in total. The minimum absolute atomic E-state index is 1.12. The summed E-state index contributed by atoms with van der Waals surface area (Å²) >= 11 is 1.90. The summed E-state index contributed by atoms with van der Waals surface area (Å²) in [7, 11) is 4.33. The Bertz CT molecular complexity index is 170. The van der Waals surface area contributed by atoms with Crippen molar-refractivity contribution in [2.75, 3.05) is 39.2 Å². The maximum absolute atomic E-state index is 2.33. The topological polar surface area (TPSA) is 6.48 Å². The van der Waals surface area contributed by atoms with Gasteiger partial charge in [-0.05, 0) is 25.7 Å². The van der Waals surface area contributed by atoms with E-state index in [2.05, 4.69) is 50.1 Å². The highest BCUT2D eigenvalue weighted by Gasteiger charge is 2.07. The smallest absolute Gasteiger partial charge is 0.0990 e. The highest BCUT2D eigenvalue weighted by atomic mass is 32.2. The lowest BCUT2D eigenvalue weighted by atomic mass is 10.4. The molecular weight excluding hydrogens is 240 g/mol. The lowest BCUT2D eigenvalue weighted by Crippen LogP contribution is -2.32. The lowest BCUT2D eigenvalue weighted by Gasteiger charge is -2.30. The summed E-state index contributed by atoms with van der Waals surface area (Å²) in [5.74, 6) is 2.52. The van der Waals surface area contributed by atoms with Crippen molar-refractivity contribution in [1.82, 2.24) is 9.80 Å². The third kappa shape index (κ3) is 12.2. The van der Waals surface area contributed by atoms with E-state index < -0.39 is 0 Å². The quantitative estimate of drug-likeness (QED) is 0.674. The van der Waals surface area contributed by atoms with Crippen molar-refractivity contribution >= 4 is 11.8 Å². The summed E-state index contributed by atoms with van der Waals surface area (Å²) in [4.78, 5) is 4.65. The molecule has 0 aromatic heterocycles. The van der Waals surface area contributed by atoms with Gasteiger partial charge in [-0.2, -0.15) is 11.8 Å². The molecule has 0 saturated heterocycles. The molecule has 0 heterocycles. The maximum Gasteiger partial charge on any atom is 0.0990 e. The molecule has 0 rings (SSSR count). The Labute approximate surface area is 121 Å². The Morgan fingerprint density at radius 3 is 1.78 bits per heavy atom. The fraction of sp³-hybridized carbons (Fsp3) is 0.867. The van der Waals surface area contributed by atoms with Crippen molar-refractivity contribution < 1.29 is 0 Å². The Kier molecular flexibility index (Phi) is 24.2. The summed E-state index contributed by atoms with van der Waals surface area (Å²) < 4.78 is 0. The molecule has 3 heteroatoms. The normalized spacial score (nSPS) is 9.72. The van der Waals surface area contributed by atoms with Crippen LogP contribution in [0, 0.1) is 0 Å². The SMILES string of the molecule is C/C=C(/N(C)CCC)N(C)CCSC.CC.CC. The highest BCUT2D eigenvalue weighted by Crippen LogP contribution is 2.08. The number of allylic oxidation sites excluding steroid dienone is 1. The maximum atomic E-state index is 2.33. The van der Waals surface area contributed by atoms with Crippen molar-refractivity contribution in [3.8, 4) is 0 Å². The third-order valence-corrected chi connectivity index (χ3v) is 2.82. The van der Waals surface area contributed by atoms with Gasteiger partial charge < -0.3 is 9.80 Å². The molecule has 0 atom stereocenters. The molecule has 0 fully saturated rings. The van der Waals surface area contributed by atoms with Gasteiger partial charge in [-0.1, -0.05) is 34.6 Å². The second-order valence-corrected chi connectivity index (χ2v) is 4.47. The molecule has 0 radical (unpaired) electrons. The van der Waals surface area contributed by atoms with Crippen LogP contribution in [0.1, 0.15) is 48.0 Å². The number of rotatable bonds is 7. The van der Waals surface area contributed by atoms with Gasteiger partial charge in [0.2, 0.25) is 0 Å². The second-order valence-electron chi connectivity index (χ2n) is 3.48. The Hall–Kier alpha value is -0.310. The first kappa shape index (κ1) is 22.8. The van der Waals surface area contributed by atoms with E-state index >= 15 is 0 Å². The predicted molar refractivity (Wildman–Crippen MR) is 90.4 cm³/mol. The summed E-state index contributed by atoms with van der Waals surface area (Å²) in [6, 6.07) is 0. The average molecular weight is 277 g/mol. The van der Waals surface area contributed by atoms with E-state index in [0.717, 1.165) is 13.1 Å². The van der Waals surface area contributed by atoms with Gasteiger partial charge in [0.1, 0.15) is 0 Å². The number of nitrogens with zero attached hydrogens (tertiary/aromatic N) is 2. The molecule has 0 spiro atoms. The fourth-order valence-corrected chi connectivity index (χ4v) is 1.98. The van der Waals surface area contributed by atoms with Gasteiger partial charge in [-0.3, -0.25) is 0 Å². The molecule has 0 aliphatic heterocycles. The van der Waals surface area contributed by atoms with Crippen LogP contribution in [0.25, 0.3) is 0 Å². The van der Waals surface area contributed by atoms with Gasteiger partial charge in [0, 0.05) is 32.9 Å². The summed E-state index contributed by atoms with van der Waals surface area (Å²) in [6.45, 7) is 14.6. The van der Waals surface area contributed by atoms with Gasteiger partial charge >= 0.3 is 0 Å². The van der Waals surface area contributed by atoms with Crippen molar-refractivity contribution in [2.24, 2.45) is 0 Å². The van der Waals surface area contributed by atoms with E-state index in [1.807, 2.05) is 39.5 Å². The van der Waals surface area contributed by atoms with Crippen LogP contribution in [0.2, 0.25) is 0 Å². The van der Waals surface area contributed by atoms with Gasteiger partial charge in [0.25, 0.3) is 0 Å². The van der Waals surface area contributed by atoms with Crippen molar-refractivity contribution in [3.63, 3.8) is 0 Å². The van der Waals surface area contributed by atoms with Crippen molar-refractivity contribution in [2.45, 2.75) is 48.0 Å². The van der Waals surface area contributed by atoms with Crippen LogP contribution in [-0.4, -0.2) is 49.0 Å². The zero-order chi connectivity index (χ0) is 15.0. The lowest BCUT2D eigenvalue weighted by molar-refractivity contribution is 0.277. The van der Waals surface area contributed by atoms with Crippen LogP contribution >= 0.6 is 11.8 Å². The Morgan fingerprint density at radius 1 is 1.00 bits per heavy atom. The van der Waals surface area contributed by atoms with Crippen LogP contribution in [0.3, 0.4) is 0 Å². The van der Waals surface area contributed by atoms with Crippen LogP contribution in [0.4, 0.5) is 0 Å². The van der Waals surface area contributed by atoms with Crippen LogP contribution in [0.15, 0.2) is 11.9 Å². The van der Waals surface area contributed by atoms with Crippen molar-refractivity contribution in [1.29, 1.82) is 0 Å². The van der Waals surface area contributed by atoms with E-state index in [0.29, 0.717) is 0 Å². The van der Waals surface area contributed by atoms with Crippen molar-refractivity contribution in [3.05, 3.63) is 11.9 Å². The second kappa shape index (κ2) is 19.0. The monoisotopic (exact) mass is 276 g/mol. The van der Waals surface area contributed by atoms with E-state index in [-0.39, 0.29) is 0 Å². The predicted octanol–water partition coefficient (Wildman–Crippen LogP) is 4.54. The molecule has 0 aromatic rings. The van der Waals surface area contributed by atoms with Gasteiger partial charge in [-0.15, -0.1) is 0 Å². The summed E-state index contributed by atoms with van der Waals surface area (Å²) in [6.07, 6.45) is 5.54. The van der Waals surface area contributed by atoms with E-state index in [4.69, 9.17) is 0 Å². The Morgan fingerprint density at radius 2 is 1.44 bits per heavy atom. The molecule has 0 amide bonds. The first-order valence-electron chi connectivity index (χ1n) is 7.24. The first-order valence-corrected chi connectivity index (χ1v) is 8.64. The van der Waals surface area contributed by atoms with Gasteiger partial charge in [-0.25, -0.2) is 0 Å². The molecule has 0 aliphatic rings. The molecule has 112 valence electrons. The summed E-state index contributed by atoms with van der Waals surface area (Å²) in [5, 5.41) is 0. The molecular formula is C15H36N2S. The molecule has 0 bridgehead atoms. The molecule has 0 saturated carbocycles. The zero-order valence-electron chi connectivity index (χ0n) is 14.2. The van der Waals surface area contributed by atoms with E-state index in [9.17, 15) is 0 Å². The molecule has 18 heavy (non-hydrogen) atoms. The van der Waals surface area contributed by atoms with Crippen LogP contribution in [-0.2, 0) is 0 Å². The van der Waals surface area contributed by atoms with Gasteiger partial charge in [0.15, 0.2) is 0 Å². The number of hydrogen-bond donors (Lipinski definition) is 0. The standard InChI is InChI=1S/C11H24N2S.2C2H6/c1-6-8-12(3)11(7-2)13(4)9-10-14-5;2*1-2/h7H,6,8-10H2,1-5H3;2*1-2H3/b11-7-;;. The number of thioether (sulfide) groups is 1. The molecule has 0 aromatic carbocycles. The van der Waals surface area contributed by atoms with Crippen LogP contribution < -0.4 is 0 Å². The molecule has 0 unspecified atom stereocenters. The molecule has 0 N–H and O–H groups in total. The highest BCUT2D eigenvalue weighted by molar-refractivity contribution is 7.98. The van der Waals surface area contributed by atoms with Crippen LogP contribution in [0.5, 0.6) is 0 Å².